The monoisotopic (exact) mass is 366 g/mol. The summed E-state index contributed by atoms with van der Waals surface area (Å²) in [5.74, 6) is 0.970. The van der Waals surface area contributed by atoms with Crippen LogP contribution in [0.1, 0.15) is 43.7 Å². The zero-order valence-electron chi connectivity index (χ0n) is 15.9. The molecule has 2 N–H and O–H groups in total. The summed E-state index contributed by atoms with van der Waals surface area (Å²) < 4.78 is 7.86. The van der Waals surface area contributed by atoms with Crippen LogP contribution in [0.25, 0.3) is 5.65 Å². The van der Waals surface area contributed by atoms with E-state index in [2.05, 4.69) is 51.7 Å². The van der Waals surface area contributed by atoms with E-state index in [4.69, 9.17) is 4.74 Å². The first-order valence-electron chi connectivity index (χ1n) is 9.61. The number of ether oxygens (including phenoxy) is 1. The number of piperidine rings is 1. The van der Waals surface area contributed by atoms with Crippen molar-refractivity contribution in [3.63, 3.8) is 0 Å². The molecule has 27 heavy (non-hydrogen) atoms. The van der Waals surface area contributed by atoms with Gasteiger partial charge in [-0.05, 0) is 30.9 Å². The number of benzene rings is 1. The lowest BCUT2D eigenvalue weighted by Crippen LogP contribution is -2.37. The summed E-state index contributed by atoms with van der Waals surface area (Å²) in [5.41, 5.74) is 3.07. The van der Waals surface area contributed by atoms with Gasteiger partial charge in [0.05, 0.1) is 6.20 Å². The Morgan fingerprint density at radius 1 is 1.26 bits per heavy atom. The Morgan fingerprint density at radius 3 is 2.85 bits per heavy atom. The smallest absolute Gasteiger partial charge is 0.322 e. The maximum absolute atomic E-state index is 6.09. The van der Waals surface area contributed by atoms with Crippen LogP contribution in [0.15, 0.2) is 36.5 Å². The van der Waals surface area contributed by atoms with Crippen molar-refractivity contribution in [2.75, 3.05) is 18.4 Å². The molecule has 0 aliphatic carbocycles. The largest absolute Gasteiger partial charge is 0.459 e. The van der Waals surface area contributed by atoms with Gasteiger partial charge >= 0.3 is 6.01 Å². The Hall–Kier alpha value is -2.67. The lowest BCUT2D eigenvalue weighted by atomic mass is 10.1. The molecule has 2 aromatic heterocycles. The molecule has 142 valence electrons. The number of fused-ring (bicyclic) bond motifs is 1. The van der Waals surface area contributed by atoms with Crippen molar-refractivity contribution in [1.82, 2.24) is 24.9 Å². The second-order valence-corrected chi connectivity index (χ2v) is 7.25. The molecule has 1 aliphatic heterocycles. The number of anilines is 1. The Bertz CT molecular complexity index is 886. The first kappa shape index (κ1) is 17.7. The zero-order chi connectivity index (χ0) is 18.6. The Morgan fingerprint density at radius 2 is 2.11 bits per heavy atom. The van der Waals surface area contributed by atoms with Gasteiger partial charge in [-0.3, -0.25) is 0 Å². The third-order valence-corrected chi connectivity index (χ3v) is 4.81. The Kier molecular flexibility index (Phi) is 5.20. The van der Waals surface area contributed by atoms with E-state index in [0.717, 1.165) is 37.1 Å². The van der Waals surface area contributed by atoms with E-state index < -0.39 is 0 Å². The summed E-state index contributed by atoms with van der Waals surface area (Å²) in [4.78, 5) is 9.28. The predicted octanol–water partition coefficient (Wildman–Crippen LogP) is 2.99. The predicted molar refractivity (Wildman–Crippen MR) is 105 cm³/mol. The van der Waals surface area contributed by atoms with E-state index in [1.807, 2.05) is 24.4 Å². The highest BCUT2D eigenvalue weighted by Gasteiger charge is 2.19. The summed E-state index contributed by atoms with van der Waals surface area (Å²) in [7, 11) is 0. The molecular weight excluding hydrogens is 340 g/mol. The molecule has 1 saturated heterocycles. The number of hydrogen-bond acceptors (Lipinski definition) is 6. The van der Waals surface area contributed by atoms with Crippen LogP contribution in [0.3, 0.4) is 0 Å². The standard InChI is InChI=1S/C20H26N6O/c1-14(2)17-13-23-26-18(17)24-20(27-16-9-6-10-21-12-16)25-19(26)22-11-15-7-4-3-5-8-15/h3-5,7-8,13-14,16,21H,6,9-12H2,1-2H3,(H,22,24,25)/t16-/m1/s1. The molecular formula is C20H26N6O. The molecule has 0 unspecified atom stereocenters. The fourth-order valence-corrected chi connectivity index (χ4v) is 3.30. The van der Waals surface area contributed by atoms with Gasteiger partial charge in [-0.25, -0.2) is 0 Å². The highest BCUT2D eigenvalue weighted by molar-refractivity contribution is 5.53. The van der Waals surface area contributed by atoms with Gasteiger partial charge < -0.3 is 15.4 Å². The summed E-state index contributed by atoms with van der Waals surface area (Å²) >= 11 is 0. The van der Waals surface area contributed by atoms with Gasteiger partial charge in [-0.15, -0.1) is 0 Å². The lowest BCUT2D eigenvalue weighted by molar-refractivity contribution is 0.153. The van der Waals surface area contributed by atoms with Gasteiger partial charge in [0.25, 0.3) is 0 Å². The normalized spacial score (nSPS) is 17.4. The van der Waals surface area contributed by atoms with Gasteiger partial charge in [-0.1, -0.05) is 44.2 Å². The highest BCUT2D eigenvalue weighted by Crippen LogP contribution is 2.23. The molecule has 0 amide bonds. The van der Waals surface area contributed by atoms with E-state index >= 15 is 0 Å². The number of nitrogens with zero attached hydrogens (tertiary/aromatic N) is 4. The van der Waals surface area contributed by atoms with Crippen LogP contribution in [0.4, 0.5) is 5.95 Å². The van der Waals surface area contributed by atoms with Crippen molar-refractivity contribution in [3.8, 4) is 6.01 Å². The van der Waals surface area contributed by atoms with Crippen LogP contribution in [0.5, 0.6) is 6.01 Å². The summed E-state index contributed by atoms with van der Waals surface area (Å²) in [5, 5.41) is 11.3. The van der Waals surface area contributed by atoms with Gasteiger partial charge in [0.1, 0.15) is 6.10 Å². The second kappa shape index (κ2) is 7.92. The topological polar surface area (TPSA) is 76.4 Å². The minimum atomic E-state index is 0.105. The summed E-state index contributed by atoms with van der Waals surface area (Å²) in [6, 6.07) is 10.6. The Balaban J connectivity index is 1.64. The maximum Gasteiger partial charge on any atom is 0.322 e. The number of rotatable bonds is 6. The lowest BCUT2D eigenvalue weighted by Gasteiger charge is -2.23. The maximum atomic E-state index is 6.09. The number of hydrogen-bond donors (Lipinski definition) is 2. The van der Waals surface area contributed by atoms with Gasteiger partial charge in [0.15, 0.2) is 5.65 Å². The molecule has 7 heteroatoms. The van der Waals surface area contributed by atoms with E-state index in [-0.39, 0.29) is 6.10 Å². The van der Waals surface area contributed by atoms with Crippen molar-refractivity contribution >= 4 is 11.6 Å². The highest BCUT2D eigenvalue weighted by atomic mass is 16.5. The first-order valence-corrected chi connectivity index (χ1v) is 9.61. The van der Waals surface area contributed by atoms with E-state index in [1.54, 1.807) is 4.52 Å². The van der Waals surface area contributed by atoms with Crippen LogP contribution >= 0.6 is 0 Å². The second-order valence-electron chi connectivity index (χ2n) is 7.25. The van der Waals surface area contributed by atoms with Gasteiger partial charge in [0.2, 0.25) is 5.95 Å². The first-order chi connectivity index (χ1) is 13.2. The summed E-state index contributed by atoms with van der Waals surface area (Å²) in [6.07, 6.45) is 4.10. The number of nitrogens with one attached hydrogen (secondary N) is 2. The van der Waals surface area contributed by atoms with Crippen molar-refractivity contribution in [1.29, 1.82) is 0 Å². The molecule has 1 atom stereocenters. The Labute approximate surface area is 159 Å². The molecule has 7 nitrogen and oxygen atoms in total. The summed E-state index contributed by atoms with van der Waals surface area (Å²) in [6.45, 7) is 6.82. The van der Waals surface area contributed by atoms with Gasteiger partial charge in [-0.2, -0.15) is 19.6 Å². The number of aromatic nitrogens is 4. The molecule has 1 aromatic carbocycles. The molecule has 0 bridgehead atoms. The third kappa shape index (κ3) is 4.03. The molecule has 0 spiro atoms. The molecule has 3 aromatic rings. The van der Waals surface area contributed by atoms with E-state index in [0.29, 0.717) is 24.4 Å². The van der Waals surface area contributed by atoms with Crippen molar-refractivity contribution in [2.45, 2.75) is 45.3 Å². The molecule has 3 heterocycles. The van der Waals surface area contributed by atoms with E-state index in [9.17, 15) is 0 Å². The SMILES string of the molecule is CC(C)c1cnn2c(NCc3ccccc3)nc(O[C@@H]3CCCNC3)nc12. The van der Waals surface area contributed by atoms with Crippen LogP contribution in [0, 0.1) is 0 Å². The van der Waals surface area contributed by atoms with Crippen molar-refractivity contribution < 1.29 is 4.74 Å². The van der Waals surface area contributed by atoms with Gasteiger partial charge in [0, 0.05) is 18.7 Å². The van der Waals surface area contributed by atoms with Crippen LogP contribution in [0.2, 0.25) is 0 Å². The molecule has 4 rings (SSSR count). The fourth-order valence-electron chi connectivity index (χ4n) is 3.30. The quantitative estimate of drug-likeness (QED) is 0.698. The van der Waals surface area contributed by atoms with Crippen LogP contribution in [-0.2, 0) is 6.54 Å². The minimum Gasteiger partial charge on any atom is -0.459 e. The third-order valence-electron chi connectivity index (χ3n) is 4.81. The molecule has 1 fully saturated rings. The molecule has 1 aliphatic rings. The average Bonchev–Trinajstić information content (AvgIpc) is 3.12. The fraction of sp³-hybridized carbons (Fsp3) is 0.450. The van der Waals surface area contributed by atoms with Crippen LogP contribution in [-0.4, -0.2) is 38.8 Å². The minimum absolute atomic E-state index is 0.105. The van der Waals surface area contributed by atoms with Crippen molar-refractivity contribution in [2.24, 2.45) is 0 Å². The van der Waals surface area contributed by atoms with Crippen molar-refractivity contribution in [3.05, 3.63) is 47.7 Å². The average molecular weight is 366 g/mol. The molecule has 0 radical (unpaired) electrons. The zero-order valence-corrected chi connectivity index (χ0v) is 15.9. The van der Waals surface area contributed by atoms with E-state index in [1.165, 1.54) is 5.56 Å². The molecule has 0 saturated carbocycles. The van der Waals surface area contributed by atoms with Crippen LogP contribution < -0.4 is 15.4 Å².